The normalized spacial score (nSPS) is 18.5. The Morgan fingerprint density at radius 2 is 1.58 bits per heavy atom. The maximum Gasteiger partial charge on any atom is 0.323 e. The summed E-state index contributed by atoms with van der Waals surface area (Å²) in [6.45, 7) is 1.96. The number of hydrogen-bond acceptors (Lipinski definition) is 6. The van der Waals surface area contributed by atoms with Gasteiger partial charge in [0.1, 0.15) is 12.3 Å². The summed E-state index contributed by atoms with van der Waals surface area (Å²) in [6.07, 6.45) is 16.7. The first-order valence-electron chi connectivity index (χ1n) is 18.5. The summed E-state index contributed by atoms with van der Waals surface area (Å²) >= 11 is 6.18. The number of carbonyl (C=O) groups is 3. The lowest BCUT2D eigenvalue weighted by Gasteiger charge is -2.35. The van der Waals surface area contributed by atoms with Gasteiger partial charge in [0.05, 0.1) is 18.6 Å². The van der Waals surface area contributed by atoms with Gasteiger partial charge in [-0.25, -0.2) is 9.97 Å². The minimum absolute atomic E-state index is 0.101. The number of methoxy groups -OCH3 is 1. The summed E-state index contributed by atoms with van der Waals surface area (Å²) in [4.78, 5) is 48.4. The Labute approximate surface area is 316 Å². The summed E-state index contributed by atoms with van der Waals surface area (Å²) in [6, 6.07) is 19.0. The molecule has 2 amide bonds. The summed E-state index contributed by atoms with van der Waals surface area (Å²) < 4.78 is 5.16. The van der Waals surface area contributed by atoms with Crippen molar-refractivity contribution in [2.75, 3.05) is 19.0 Å². The molecule has 0 saturated heterocycles. The SMILES string of the molecule is CC[C@H]1CC[C@H](C2CC=C(c3cnc(-c4ccc(CN(CC(=O)O)C(=O)c5ccc(NC(=O)Cc6ccc(OC)c(Cl)c6)cc5)cc4)nc3)CC2)CC1. The maximum absolute atomic E-state index is 13.4. The predicted molar refractivity (Wildman–Crippen MR) is 208 cm³/mol. The van der Waals surface area contributed by atoms with Crippen LogP contribution in [-0.4, -0.2) is 51.4 Å². The van der Waals surface area contributed by atoms with Gasteiger partial charge in [0.15, 0.2) is 5.82 Å². The molecule has 1 heterocycles. The molecular formula is C43H47ClN4O5. The summed E-state index contributed by atoms with van der Waals surface area (Å²) in [5.74, 6) is 1.94. The molecule has 0 bridgehead atoms. The fraction of sp³-hybridized carbons (Fsp3) is 0.372. The molecule has 2 aliphatic carbocycles. The molecule has 53 heavy (non-hydrogen) atoms. The smallest absolute Gasteiger partial charge is 0.323 e. The van der Waals surface area contributed by atoms with Crippen LogP contribution in [0.1, 0.15) is 85.3 Å². The van der Waals surface area contributed by atoms with E-state index in [9.17, 15) is 19.5 Å². The molecule has 0 aliphatic heterocycles. The Hall–Kier alpha value is -5.02. The predicted octanol–water partition coefficient (Wildman–Crippen LogP) is 9.11. The third-order valence-electron chi connectivity index (χ3n) is 10.8. The molecule has 0 spiro atoms. The van der Waals surface area contributed by atoms with Gasteiger partial charge in [-0.05, 0) is 103 Å². The first-order chi connectivity index (χ1) is 25.7. The van der Waals surface area contributed by atoms with E-state index in [2.05, 4.69) is 28.3 Å². The Kier molecular flexibility index (Phi) is 12.6. The van der Waals surface area contributed by atoms with E-state index in [1.165, 1.54) is 56.1 Å². The van der Waals surface area contributed by atoms with Crippen LogP contribution in [-0.2, 0) is 22.6 Å². The molecule has 3 aromatic carbocycles. The molecule has 1 fully saturated rings. The Balaban J connectivity index is 1.03. The van der Waals surface area contributed by atoms with E-state index in [-0.39, 0.29) is 18.9 Å². The number of benzene rings is 3. The van der Waals surface area contributed by atoms with E-state index in [1.807, 2.05) is 36.7 Å². The van der Waals surface area contributed by atoms with Crippen molar-refractivity contribution in [2.45, 2.75) is 71.3 Å². The Morgan fingerprint density at radius 3 is 2.19 bits per heavy atom. The van der Waals surface area contributed by atoms with E-state index < -0.39 is 18.4 Å². The van der Waals surface area contributed by atoms with Gasteiger partial charge in [0.2, 0.25) is 5.91 Å². The van der Waals surface area contributed by atoms with Crippen LogP contribution < -0.4 is 10.1 Å². The zero-order valence-electron chi connectivity index (χ0n) is 30.4. The Morgan fingerprint density at radius 1 is 0.887 bits per heavy atom. The number of halogens is 1. The number of carboxylic acids is 1. The molecular weight excluding hydrogens is 688 g/mol. The van der Waals surface area contributed by atoms with Crippen LogP contribution in [0.3, 0.4) is 0 Å². The topological polar surface area (TPSA) is 122 Å². The van der Waals surface area contributed by atoms with Crippen molar-refractivity contribution in [1.82, 2.24) is 14.9 Å². The molecule has 0 radical (unpaired) electrons. The quantitative estimate of drug-likeness (QED) is 0.141. The van der Waals surface area contributed by atoms with Gasteiger partial charge in [0, 0.05) is 41.3 Å². The third kappa shape index (κ3) is 9.90. The number of aliphatic carboxylic acids is 1. The molecule has 6 rings (SSSR count). The number of nitrogens with one attached hydrogen (secondary N) is 1. The summed E-state index contributed by atoms with van der Waals surface area (Å²) in [7, 11) is 1.52. The van der Waals surface area contributed by atoms with E-state index in [0.29, 0.717) is 27.8 Å². The fourth-order valence-electron chi connectivity index (χ4n) is 7.69. The van der Waals surface area contributed by atoms with Gasteiger partial charge in [-0.2, -0.15) is 0 Å². The van der Waals surface area contributed by atoms with Gasteiger partial charge < -0.3 is 20.1 Å². The number of carboxylic acid groups (broad SMARTS) is 1. The lowest BCUT2D eigenvalue weighted by molar-refractivity contribution is -0.137. The average Bonchev–Trinajstić information content (AvgIpc) is 3.18. The second-order valence-corrected chi connectivity index (χ2v) is 14.7. The minimum Gasteiger partial charge on any atom is -0.495 e. The average molecular weight is 735 g/mol. The molecule has 4 aromatic rings. The number of hydrogen-bond donors (Lipinski definition) is 2. The van der Waals surface area contributed by atoms with Gasteiger partial charge in [-0.15, -0.1) is 0 Å². The minimum atomic E-state index is -1.12. The molecule has 1 atom stereocenters. The summed E-state index contributed by atoms with van der Waals surface area (Å²) in [5.41, 5.74) is 5.56. The molecule has 1 saturated carbocycles. The zero-order valence-corrected chi connectivity index (χ0v) is 31.1. The van der Waals surface area contributed by atoms with Crippen LogP contribution in [0.25, 0.3) is 17.0 Å². The Bertz CT molecular complexity index is 1920. The van der Waals surface area contributed by atoms with Crippen LogP contribution in [0.5, 0.6) is 5.75 Å². The van der Waals surface area contributed by atoms with Gasteiger partial charge >= 0.3 is 5.97 Å². The number of carbonyl (C=O) groups excluding carboxylic acids is 2. The standard InChI is InChI=1S/C43H47ClN4O5/c1-3-28-4-9-31(10-5-28)32-13-15-33(16-14-32)36-24-45-42(46-25-36)34-11-6-29(7-12-34)26-48(27-41(50)51)43(52)35-17-19-37(20-18-35)47-40(49)23-30-8-21-39(53-2)38(44)22-30/h6-8,11-12,15,17-22,24-25,28,31-32H,3-5,9-10,13-14,16,23,26-27H2,1-2H3,(H,47,49)(H,50,51)/t28-,31-,32?. The summed E-state index contributed by atoms with van der Waals surface area (Å²) in [5, 5.41) is 12.8. The third-order valence-corrected chi connectivity index (χ3v) is 11.1. The monoisotopic (exact) mass is 734 g/mol. The van der Waals surface area contributed by atoms with Crippen molar-refractivity contribution in [3.05, 3.63) is 112 Å². The van der Waals surface area contributed by atoms with Crippen LogP contribution >= 0.6 is 11.6 Å². The number of nitrogens with zero attached hydrogens (tertiary/aromatic N) is 3. The van der Waals surface area contributed by atoms with E-state index >= 15 is 0 Å². The van der Waals surface area contributed by atoms with Gasteiger partial charge in [0.25, 0.3) is 5.91 Å². The first-order valence-corrected chi connectivity index (χ1v) is 18.9. The van der Waals surface area contributed by atoms with Crippen molar-refractivity contribution >= 4 is 40.6 Å². The lowest BCUT2D eigenvalue weighted by Crippen LogP contribution is -2.35. The number of ether oxygens (including phenoxy) is 1. The number of rotatable bonds is 13. The fourth-order valence-corrected chi connectivity index (χ4v) is 7.97. The van der Waals surface area contributed by atoms with Crippen molar-refractivity contribution in [3.63, 3.8) is 0 Å². The van der Waals surface area contributed by atoms with Crippen LogP contribution in [0.2, 0.25) is 5.02 Å². The molecule has 2 N–H and O–H groups in total. The highest BCUT2D eigenvalue weighted by Crippen LogP contribution is 2.41. The largest absolute Gasteiger partial charge is 0.495 e. The number of allylic oxidation sites excluding steroid dienone is 2. The van der Waals surface area contributed by atoms with Crippen molar-refractivity contribution < 1.29 is 24.2 Å². The van der Waals surface area contributed by atoms with Gasteiger partial charge in [-0.1, -0.05) is 74.2 Å². The van der Waals surface area contributed by atoms with E-state index in [4.69, 9.17) is 16.3 Å². The van der Waals surface area contributed by atoms with Gasteiger partial charge in [-0.3, -0.25) is 14.4 Å². The highest BCUT2D eigenvalue weighted by atomic mass is 35.5. The van der Waals surface area contributed by atoms with Crippen molar-refractivity contribution in [3.8, 4) is 17.1 Å². The highest BCUT2D eigenvalue weighted by Gasteiger charge is 2.28. The maximum atomic E-state index is 13.4. The molecule has 1 unspecified atom stereocenters. The van der Waals surface area contributed by atoms with E-state index in [1.54, 1.807) is 42.5 Å². The molecule has 2 aliphatic rings. The molecule has 10 heteroatoms. The van der Waals surface area contributed by atoms with Crippen LogP contribution in [0.4, 0.5) is 5.69 Å². The van der Waals surface area contributed by atoms with Crippen LogP contribution in [0, 0.1) is 17.8 Å². The zero-order chi connectivity index (χ0) is 37.3. The number of amides is 2. The van der Waals surface area contributed by atoms with Crippen LogP contribution in [0.15, 0.2) is 85.2 Å². The first kappa shape index (κ1) is 37.7. The molecule has 276 valence electrons. The van der Waals surface area contributed by atoms with Crippen molar-refractivity contribution in [2.24, 2.45) is 17.8 Å². The highest BCUT2D eigenvalue weighted by molar-refractivity contribution is 6.32. The number of aromatic nitrogens is 2. The number of anilines is 1. The second-order valence-electron chi connectivity index (χ2n) is 14.3. The molecule has 1 aromatic heterocycles. The second kappa shape index (κ2) is 17.7. The van der Waals surface area contributed by atoms with E-state index in [0.717, 1.165) is 52.8 Å². The molecule has 9 nitrogen and oxygen atoms in total. The van der Waals surface area contributed by atoms with Crippen molar-refractivity contribution in [1.29, 1.82) is 0 Å². The lowest BCUT2D eigenvalue weighted by atomic mass is 9.71.